The summed E-state index contributed by atoms with van der Waals surface area (Å²) < 4.78 is 25.4. The Morgan fingerprint density at radius 2 is 1.93 bits per heavy atom. The molecular formula is C21H25FN2O3. The van der Waals surface area contributed by atoms with E-state index in [1.54, 1.807) is 17.0 Å². The minimum atomic E-state index is -0.353. The lowest BCUT2D eigenvalue weighted by Gasteiger charge is -2.46. The quantitative estimate of drug-likeness (QED) is 0.825. The molecule has 2 aliphatic heterocycles. The number of hydrogen-bond donors (Lipinski definition) is 0. The molecule has 4 rings (SSSR count). The number of carbonyl (C=O) groups excluding carboxylic acids is 1. The molecule has 0 N–H and O–H groups in total. The molecule has 0 atom stereocenters. The molecule has 3 heterocycles. The highest BCUT2D eigenvalue weighted by Crippen LogP contribution is 2.33. The fourth-order valence-corrected chi connectivity index (χ4v) is 3.93. The van der Waals surface area contributed by atoms with Crippen LogP contribution in [0.2, 0.25) is 0 Å². The molecule has 1 aromatic carbocycles. The van der Waals surface area contributed by atoms with Gasteiger partial charge in [0.05, 0.1) is 18.7 Å². The Morgan fingerprint density at radius 3 is 2.63 bits per heavy atom. The van der Waals surface area contributed by atoms with Crippen LogP contribution >= 0.6 is 0 Å². The number of aryl methyl sites for hydroxylation is 1. The number of carbonyl (C=O) groups is 1. The molecule has 0 unspecified atom stereocenters. The Hall–Kier alpha value is -2.18. The van der Waals surface area contributed by atoms with Gasteiger partial charge in [-0.3, -0.25) is 9.69 Å². The summed E-state index contributed by atoms with van der Waals surface area (Å²) in [6.45, 7) is 5.17. The summed E-state index contributed by atoms with van der Waals surface area (Å²) in [6, 6.07) is 10.3. The summed E-state index contributed by atoms with van der Waals surface area (Å²) in [4.78, 5) is 16.3. The average Bonchev–Trinajstić information content (AvgIpc) is 3.13. The first-order valence-electron chi connectivity index (χ1n) is 9.57. The number of furan rings is 1. The van der Waals surface area contributed by atoms with Gasteiger partial charge in [-0.1, -0.05) is 13.0 Å². The van der Waals surface area contributed by atoms with Gasteiger partial charge in [0.15, 0.2) is 0 Å². The van der Waals surface area contributed by atoms with E-state index in [2.05, 4.69) is 11.8 Å². The topological polar surface area (TPSA) is 45.9 Å². The van der Waals surface area contributed by atoms with E-state index in [0.29, 0.717) is 12.2 Å². The first-order chi connectivity index (χ1) is 13.1. The fraction of sp³-hybridized carbons (Fsp3) is 0.476. The van der Waals surface area contributed by atoms with Crippen LogP contribution < -0.4 is 4.90 Å². The van der Waals surface area contributed by atoms with E-state index in [4.69, 9.17) is 9.15 Å². The number of hydrogen-bond acceptors (Lipinski definition) is 4. The number of benzene rings is 1. The van der Waals surface area contributed by atoms with Gasteiger partial charge in [-0.15, -0.1) is 0 Å². The number of piperidine rings is 1. The van der Waals surface area contributed by atoms with Crippen molar-refractivity contribution < 1.29 is 18.3 Å². The Kier molecular flexibility index (Phi) is 5.02. The number of nitrogens with zero attached hydrogens (tertiary/aromatic N) is 2. The van der Waals surface area contributed by atoms with Gasteiger partial charge in [0.1, 0.15) is 23.9 Å². The van der Waals surface area contributed by atoms with Crippen LogP contribution in [0.4, 0.5) is 10.1 Å². The van der Waals surface area contributed by atoms with Crippen molar-refractivity contribution in [3.05, 3.63) is 53.7 Å². The second-order valence-corrected chi connectivity index (χ2v) is 7.43. The summed E-state index contributed by atoms with van der Waals surface area (Å²) in [7, 11) is 0. The summed E-state index contributed by atoms with van der Waals surface area (Å²) in [5.74, 6) is 1.55. The van der Waals surface area contributed by atoms with Crippen molar-refractivity contribution in [3.63, 3.8) is 0 Å². The Morgan fingerprint density at radius 1 is 1.15 bits per heavy atom. The van der Waals surface area contributed by atoms with Crippen molar-refractivity contribution in [2.24, 2.45) is 0 Å². The first kappa shape index (κ1) is 18.2. The molecule has 144 valence electrons. The molecule has 1 amide bonds. The molecule has 2 aromatic rings. The third kappa shape index (κ3) is 3.92. The largest absolute Gasteiger partial charge is 0.465 e. The van der Waals surface area contributed by atoms with Crippen LogP contribution in [0.3, 0.4) is 0 Å². The molecule has 2 aliphatic rings. The summed E-state index contributed by atoms with van der Waals surface area (Å²) >= 11 is 0. The molecule has 0 aliphatic carbocycles. The lowest BCUT2D eigenvalue weighted by atomic mass is 9.89. The van der Waals surface area contributed by atoms with Crippen LogP contribution in [-0.4, -0.2) is 42.6 Å². The van der Waals surface area contributed by atoms with Gasteiger partial charge in [-0.25, -0.2) is 4.39 Å². The Bertz CT molecular complexity index is 811. The SMILES string of the molecule is CCc1ccc(CN2CCC3(CC2)CN(c2cccc(F)c2)C(=O)CO3)o1. The van der Waals surface area contributed by atoms with Gasteiger partial charge in [-0.2, -0.15) is 0 Å². The van der Waals surface area contributed by atoms with Crippen LogP contribution in [0.5, 0.6) is 0 Å². The van der Waals surface area contributed by atoms with E-state index >= 15 is 0 Å². The molecule has 0 saturated carbocycles. The molecule has 1 spiro atoms. The average molecular weight is 372 g/mol. The van der Waals surface area contributed by atoms with E-state index in [9.17, 15) is 9.18 Å². The van der Waals surface area contributed by atoms with E-state index in [0.717, 1.165) is 50.4 Å². The van der Waals surface area contributed by atoms with Gasteiger partial charge in [-0.05, 0) is 43.2 Å². The Labute approximate surface area is 158 Å². The summed E-state index contributed by atoms with van der Waals surface area (Å²) in [5, 5.41) is 0. The maximum atomic E-state index is 13.6. The molecule has 2 fully saturated rings. The van der Waals surface area contributed by atoms with Crippen molar-refractivity contribution in [2.75, 3.05) is 31.1 Å². The van der Waals surface area contributed by atoms with Crippen LogP contribution in [0.15, 0.2) is 40.8 Å². The molecule has 27 heavy (non-hydrogen) atoms. The second kappa shape index (κ2) is 7.44. The third-order valence-electron chi connectivity index (χ3n) is 5.58. The molecule has 5 nitrogen and oxygen atoms in total. The van der Waals surface area contributed by atoms with Gasteiger partial charge >= 0.3 is 0 Å². The van der Waals surface area contributed by atoms with Gasteiger partial charge in [0, 0.05) is 25.2 Å². The minimum absolute atomic E-state index is 0.0502. The van der Waals surface area contributed by atoms with Crippen LogP contribution in [0.1, 0.15) is 31.3 Å². The minimum Gasteiger partial charge on any atom is -0.465 e. The van der Waals surface area contributed by atoms with E-state index < -0.39 is 0 Å². The number of halogens is 1. The molecule has 2 saturated heterocycles. The molecule has 6 heteroatoms. The van der Waals surface area contributed by atoms with E-state index in [-0.39, 0.29) is 23.9 Å². The van der Waals surface area contributed by atoms with E-state index in [1.807, 2.05) is 12.1 Å². The van der Waals surface area contributed by atoms with Crippen LogP contribution in [0, 0.1) is 5.82 Å². The lowest BCUT2D eigenvalue weighted by molar-refractivity contribution is -0.145. The van der Waals surface area contributed by atoms with Crippen molar-refractivity contribution in [2.45, 2.75) is 38.3 Å². The fourth-order valence-electron chi connectivity index (χ4n) is 3.93. The normalized spacial score (nSPS) is 20.4. The van der Waals surface area contributed by atoms with Crippen molar-refractivity contribution in [1.29, 1.82) is 0 Å². The third-order valence-corrected chi connectivity index (χ3v) is 5.58. The maximum Gasteiger partial charge on any atom is 0.253 e. The van der Waals surface area contributed by atoms with E-state index in [1.165, 1.54) is 12.1 Å². The standard InChI is InChI=1S/C21H25FN2O3/c1-2-18-6-7-19(27-18)13-23-10-8-21(9-11-23)15-24(20(25)14-26-21)17-5-3-4-16(22)12-17/h3-7,12H,2,8-11,13-15H2,1H3. The van der Waals surface area contributed by atoms with Crippen molar-refractivity contribution in [1.82, 2.24) is 4.90 Å². The first-order valence-corrected chi connectivity index (χ1v) is 9.57. The predicted octanol–water partition coefficient (Wildman–Crippen LogP) is 3.38. The number of ether oxygens (including phenoxy) is 1. The highest BCUT2D eigenvalue weighted by Gasteiger charge is 2.42. The zero-order valence-corrected chi connectivity index (χ0v) is 15.6. The second-order valence-electron chi connectivity index (χ2n) is 7.43. The molecule has 0 bridgehead atoms. The summed E-state index contributed by atoms with van der Waals surface area (Å²) in [5.41, 5.74) is 0.252. The van der Waals surface area contributed by atoms with Gasteiger partial charge in [0.2, 0.25) is 0 Å². The smallest absolute Gasteiger partial charge is 0.253 e. The molecule has 0 radical (unpaired) electrons. The monoisotopic (exact) mass is 372 g/mol. The number of morpholine rings is 1. The highest BCUT2D eigenvalue weighted by molar-refractivity contribution is 5.95. The van der Waals surface area contributed by atoms with Gasteiger partial charge < -0.3 is 14.1 Å². The zero-order chi connectivity index (χ0) is 18.9. The number of anilines is 1. The Balaban J connectivity index is 1.40. The zero-order valence-electron chi connectivity index (χ0n) is 15.6. The van der Waals surface area contributed by atoms with Crippen molar-refractivity contribution >= 4 is 11.6 Å². The van der Waals surface area contributed by atoms with Gasteiger partial charge in [0.25, 0.3) is 5.91 Å². The lowest BCUT2D eigenvalue weighted by Crippen LogP contribution is -2.58. The molecule has 1 aromatic heterocycles. The highest BCUT2D eigenvalue weighted by atomic mass is 19.1. The maximum absolute atomic E-state index is 13.6. The van der Waals surface area contributed by atoms with Crippen LogP contribution in [-0.2, 0) is 22.5 Å². The summed E-state index contributed by atoms with van der Waals surface area (Å²) in [6.07, 6.45) is 2.59. The number of likely N-dealkylation sites (tertiary alicyclic amines) is 1. The number of rotatable bonds is 4. The predicted molar refractivity (Wildman–Crippen MR) is 100 cm³/mol. The van der Waals surface area contributed by atoms with Crippen LogP contribution in [0.25, 0.3) is 0 Å². The van der Waals surface area contributed by atoms with Crippen molar-refractivity contribution in [3.8, 4) is 0 Å². The number of amides is 1. The molecular weight excluding hydrogens is 347 g/mol.